The minimum absolute atomic E-state index is 0.518. The Labute approximate surface area is 112 Å². The SMILES string of the molecule is OC(c1ccco1)c1ccc(Br)c2cccnc12. The highest BCUT2D eigenvalue weighted by Gasteiger charge is 2.17. The Kier molecular flexibility index (Phi) is 2.89. The van der Waals surface area contributed by atoms with Gasteiger partial charge in [0, 0.05) is 21.6 Å². The van der Waals surface area contributed by atoms with E-state index in [0.717, 1.165) is 20.9 Å². The lowest BCUT2D eigenvalue weighted by atomic mass is 10.0. The van der Waals surface area contributed by atoms with Crippen molar-refractivity contribution in [2.75, 3.05) is 0 Å². The molecule has 90 valence electrons. The first kappa shape index (κ1) is 11.4. The van der Waals surface area contributed by atoms with Gasteiger partial charge >= 0.3 is 0 Å². The van der Waals surface area contributed by atoms with Gasteiger partial charge in [-0.05, 0) is 24.3 Å². The number of fused-ring (bicyclic) bond motifs is 1. The minimum Gasteiger partial charge on any atom is -0.466 e. The largest absolute Gasteiger partial charge is 0.466 e. The number of aromatic nitrogens is 1. The molecular formula is C14H10BrNO2. The highest BCUT2D eigenvalue weighted by Crippen LogP contribution is 2.31. The van der Waals surface area contributed by atoms with E-state index >= 15 is 0 Å². The molecule has 1 aromatic carbocycles. The van der Waals surface area contributed by atoms with E-state index in [9.17, 15) is 5.11 Å². The van der Waals surface area contributed by atoms with Crippen molar-refractivity contribution in [2.24, 2.45) is 0 Å². The second-order valence-corrected chi connectivity index (χ2v) is 4.81. The Morgan fingerprint density at radius 2 is 2.06 bits per heavy atom. The molecule has 0 amide bonds. The number of aliphatic hydroxyl groups is 1. The standard InChI is InChI=1S/C14H10BrNO2/c15-11-6-5-10(13-9(11)3-1-7-16-13)14(17)12-4-2-8-18-12/h1-8,14,17H. The van der Waals surface area contributed by atoms with Gasteiger partial charge < -0.3 is 9.52 Å². The summed E-state index contributed by atoms with van der Waals surface area (Å²) < 4.78 is 6.20. The Morgan fingerprint density at radius 3 is 2.83 bits per heavy atom. The summed E-state index contributed by atoms with van der Waals surface area (Å²) in [5.41, 5.74) is 1.51. The molecule has 0 saturated carbocycles. The van der Waals surface area contributed by atoms with Crippen molar-refractivity contribution in [2.45, 2.75) is 6.10 Å². The number of benzene rings is 1. The second-order valence-electron chi connectivity index (χ2n) is 3.95. The van der Waals surface area contributed by atoms with E-state index in [4.69, 9.17) is 4.42 Å². The van der Waals surface area contributed by atoms with Crippen LogP contribution in [-0.2, 0) is 0 Å². The average Bonchev–Trinajstić information content (AvgIpc) is 2.93. The number of hydrogen-bond acceptors (Lipinski definition) is 3. The molecule has 0 fully saturated rings. The van der Waals surface area contributed by atoms with Crippen molar-refractivity contribution in [1.82, 2.24) is 4.98 Å². The molecule has 0 aliphatic heterocycles. The van der Waals surface area contributed by atoms with Crippen LogP contribution in [0.2, 0.25) is 0 Å². The molecule has 1 unspecified atom stereocenters. The third kappa shape index (κ3) is 1.83. The molecule has 0 radical (unpaired) electrons. The number of furan rings is 1. The van der Waals surface area contributed by atoms with Crippen LogP contribution in [0.25, 0.3) is 10.9 Å². The van der Waals surface area contributed by atoms with Crippen molar-refractivity contribution >= 4 is 26.8 Å². The van der Waals surface area contributed by atoms with Gasteiger partial charge in [-0.1, -0.05) is 28.1 Å². The lowest BCUT2D eigenvalue weighted by Crippen LogP contribution is -2.00. The Morgan fingerprint density at radius 1 is 1.17 bits per heavy atom. The molecule has 3 nitrogen and oxygen atoms in total. The number of nitrogens with zero attached hydrogens (tertiary/aromatic N) is 1. The Balaban J connectivity index is 2.21. The van der Waals surface area contributed by atoms with Crippen molar-refractivity contribution in [3.05, 3.63) is 64.7 Å². The summed E-state index contributed by atoms with van der Waals surface area (Å²) in [5, 5.41) is 11.3. The molecule has 3 rings (SSSR count). The van der Waals surface area contributed by atoms with Crippen molar-refractivity contribution in [3.63, 3.8) is 0 Å². The van der Waals surface area contributed by atoms with Gasteiger partial charge in [0.1, 0.15) is 11.9 Å². The van der Waals surface area contributed by atoms with E-state index in [0.29, 0.717) is 5.76 Å². The highest BCUT2D eigenvalue weighted by molar-refractivity contribution is 9.10. The van der Waals surface area contributed by atoms with E-state index in [2.05, 4.69) is 20.9 Å². The van der Waals surface area contributed by atoms with Crippen LogP contribution >= 0.6 is 15.9 Å². The summed E-state index contributed by atoms with van der Waals surface area (Å²) in [6.07, 6.45) is 2.46. The van der Waals surface area contributed by atoms with Gasteiger partial charge in [0.2, 0.25) is 0 Å². The van der Waals surface area contributed by atoms with E-state index in [-0.39, 0.29) is 0 Å². The molecule has 2 heterocycles. The van der Waals surface area contributed by atoms with E-state index in [1.54, 1.807) is 24.6 Å². The number of aliphatic hydroxyl groups excluding tert-OH is 1. The predicted octanol–water partition coefficient (Wildman–Crippen LogP) is 3.67. The zero-order chi connectivity index (χ0) is 12.5. The van der Waals surface area contributed by atoms with Crippen molar-refractivity contribution in [1.29, 1.82) is 0 Å². The summed E-state index contributed by atoms with van der Waals surface area (Å²) in [4.78, 5) is 4.34. The third-order valence-corrected chi connectivity index (χ3v) is 3.55. The van der Waals surface area contributed by atoms with Gasteiger partial charge in [-0.2, -0.15) is 0 Å². The van der Waals surface area contributed by atoms with Crippen LogP contribution in [0.5, 0.6) is 0 Å². The molecule has 4 heteroatoms. The van der Waals surface area contributed by atoms with Gasteiger partial charge in [0.25, 0.3) is 0 Å². The van der Waals surface area contributed by atoms with Crippen LogP contribution < -0.4 is 0 Å². The maximum Gasteiger partial charge on any atom is 0.139 e. The van der Waals surface area contributed by atoms with Gasteiger partial charge in [0.05, 0.1) is 11.8 Å². The molecule has 1 N–H and O–H groups in total. The topological polar surface area (TPSA) is 46.3 Å². The van der Waals surface area contributed by atoms with Gasteiger partial charge in [0.15, 0.2) is 0 Å². The molecule has 0 aliphatic carbocycles. The van der Waals surface area contributed by atoms with Crippen LogP contribution in [0, 0.1) is 0 Å². The summed E-state index contributed by atoms with van der Waals surface area (Å²) >= 11 is 3.48. The van der Waals surface area contributed by atoms with Crippen LogP contribution in [0.3, 0.4) is 0 Å². The second kappa shape index (κ2) is 4.55. The minimum atomic E-state index is -0.800. The quantitative estimate of drug-likeness (QED) is 0.785. The monoisotopic (exact) mass is 303 g/mol. The lowest BCUT2D eigenvalue weighted by molar-refractivity contribution is 0.190. The molecule has 0 bridgehead atoms. The highest BCUT2D eigenvalue weighted by atomic mass is 79.9. The molecule has 0 saturated heterocycles. The van der Waals surface area contributed by atoms with Crippen molar-refractivity contribution in [3.8, 4) is 0 Å². The first-order valence-electron chi connectivity index (χ1n) is 5.52. The number of pyridine rings is 1. The zero-order valence-corrected chi connectivity index (χ0v) is 11.0. The fourth-order valence-corrected chi connectivity index (χ4v) is 2.43. The first-order chi connectivity index (χ1) is 8.77. The predicted molar refractivity (Wildman–Crippen MR) is 72.2 cm³/mol. The molecule has 1 atom stereocenters. The molecule has 3 aromatic rings. The molecule has 0 aliphatic rings. The lowest BCUT2D eigenvalue weighted by Gasteiger charge is -2.11. The van der Waals surface area contributed by atoms with Gasteiger partial charge in [-0.3, -0.25) is 4.98 Å². The Bertz CT molecular complexity index is 679. The molecule has 18 heavy (non-hydrogen) atoms. The van der Waals surface area contributed by atoms with Crippen LogP contribution in [0.15, 0.2) is 57.7 Å². The Hall–Kier alpha value is -1.65. The number of rotatable bonds is 2. The van der Waals surface area contributed by atoms with E-state index < -0.39 is 6.10 Å². The fraction of sp³-hybridized carbons (Fsp3) is 0.0714. The summed E-state index contributed by atoms with van der Waals surface area (Å²) in [7, 11) is 0. The average molecular weight is 304 g/mol. The molecule has 2 aromatic heterocycles. The van der Waals surface area contributed by atoms with Crippen LogP contribution in [-0.4, -0.2) is 10.1 Å². The number of hydrogen-bond donors (Lipinski definition) is 1. The maximum atomic E-state index is 10.3. The van der Waals surface area contributed by atoms with E-state index in [1.807, 2.05) is 24.3 Å². The van der Waals surface area contributed by atoms with Crippen LogP contribution in [0.1, 0.15) is 17.4 Å². The summed E-state index contributed by atoms with van der Waals surface area (Å²) in [5.74, 6) is 0.518. The van der Waals surface area contributed by atoms with E-state index in [1.165, 1.54) is 0 Å². The maximum absolute atomic E-state index is 10.3. The smallest absolute Gasteiger partial charge is 0.139 e. The fourth-order valence-electron chi connectivity index (χ4n) is 1.98. The van der Waals surface area contributed by atoms with Gasteiger partial charge in [-0.15, -0.1) is 0 Å². The molecule has 0 spiro atoms. The van der Waals surface area contributed by atoms with Crippen molar-refractivity contribution < 1.29 is 9.52 Å². The summed E-state index contributed by atoms with van der Waals surface area (Å²) in [6.45, 7) is 0. The third-order valence-electron chi connectivity index (χ3n) is 2.85. The summed E-state index contributed by atoms with van der Waals surface area (Å²) in [6, 6.07) is 11.1. The first-order valence-corrected chi connectivity index (χ1v) is 6.31. The zero-order valence-electron chi connectivity index (χ0n) is 9.38. The number of halogens is 1. The molecular weight excluding hydrogens is 294 g/mol. The normalized spacial score (nSPS) is 12.8. The van der Waals surface area contributed by atoms with Gasteiger partial charge in [-0.25, -0.2) is 0 Å². The van der Waals surface area contributed by atoms with Crippen LogP contribution in [0.4, 0.5) is 0 Å².